The second-order valence-corrected chi connectivity index (χ2v) is 4.93. The molecule has 1 amide bonds. The fraction of sp³-hybridized carbons (Fsp3) is 0.538. The van der Waals surface area contributed by atoms with Crippen LogP contribution in [0, 0.1) is 5.92 Å². The van der Waals surface area contributed by atoms with Gasteiger partial charge in [0.2, 0.25) is 5.91 Å². The van der Waals surface area contributed by atoms with Crippen LogP contribution in [0.3, 0.4) is 0 Å². The van der Waals surface area contributed by atoms with Crippen molar-refractivity contribution in [2.45, 2.75) is 12.8 Å². The number of hydrogen-bond acceptors (Lipinski definition) is 4. The number of hydrogen-bond donors (Lipinski definition) is 1. The highest BCUT2D eigenvalue weighted by molar-refractivity contribution is 5.78. The minimum Gasteiger partial charge on any atom is -0.396 e. The summed E-state index contributed by atoms with van der Waals surface area (Å²) in [7, 11) is 3.63. The maximum absolute atomic E-state index is 11.9. The summed E-state index contributed by atoms with van der Waals surface area (Å²) in [6.07, 6.45) is 5.20. The van der Waals surface area contributed by atoms with Gasteiger partial charge in [0, 0.05) is 39.3 Å². The van der Waals surface area contributed by atoms with Crippen molar-refractivity contribution in [3.8, 4) is 0 Å². The first kappa shape index (κ1) is 12.7. The van der Waals surface area contributed by atoms with E-state index in [4.69, 9.17) is 5.73 Å². The minimum absolute atomic E-state index is 0.152. The number of piperidine rings is 1. The van der Waals surface area contributed by atoms with Gasteiger partial charge in [-0.05, 0) is 18.9 Å². The summed E-state index contributed by atoms with van der Waals surface area (Å²) in [6, 6.07) is 1.93. The van der Waals surface area contributed by atoms with Crippen molar-refractivity contribution in [3.05, 3.63) is 18.5 Å². The number of nitrogen functional groups attached to an aromatic ring is 1. The van der Waals surface area contributed by atoms with Gasteiger partial charge >= 0.3 is 0 Å². The fourth-order valence-corrected chi connectivity index (χ4v) is 2.42. The molecule has 2 heterocycles. The summed E-state index contributed by atoms with van der Waals surface area (Å²) >= 11 is 0. The van der Waals surface area contributed by atoms with Gasteiger partial charge in [0.15, 0.2) is 0 Å². The first-order valence-electron chi connectivity index (χ1n) is 6.25. The van der Waals surface area contributed by atoms with E-state index in [-0.39, 0.29) is 11.8 Å². The molecule has 0 atom stereocenters. The highest BCUT2D eigenvalue weighted by atomic mass is 16.2. The molecule has 0 saturated carbocycles. The minimum atomic E-state index is 0.152. The van der Waals surface area contributed by atoms with Gasteiger partial charge in [0.05, 0.1) is 17.6 Å². The summed E-state index contributed by atoms with van der Waals surface area (Å²) in [6.45, 7) is 1.75. The molecule has 0 aliphatic carbocycles. The van der Waals surface area contributed by atoms with Crippen molar-refractivity contribution in [2.75, 3.05) is 37.8 Å². The number of carbonyl (C=O) groups is 1. The Bertz CT molecular complexity index is 425. The van der Waals surface area contributed by atoms with Gasteiger partial charge in [-0.1, -0.05) is 0 Å². The number of nitrogens with zero attached hydrogens (tertiary/aromatic N) is 3. The van der Waals surface area contributed by atoms with Gasteiger partial charge in [0.25, 0.3) is 0 Å². The highest BCUT2D eigenvalue weighted by Crippen LogP contribution is 2.27. The molecule has 98 valence electrons. The zero-order valence-electron chi connectivity index (χ0n) is 11.0. The second kappa shape index (κ2) is 5.25. The Morgan fingerprint density at radius 2 is 2.11 bits per heavy atom. The normalized spacial score (nSPS) is 16.7. The zero-order chi connectivity index (χ0) is 13.1. The van der Waals surface area contributed by atoms with Crippen molar-refractivity contribution >= 4 is 17.3 Å². The van der Waals surface area contributed by atoms with Gasteiger partial charge in [0.1, 0.15) is 0 Å². The van der Waals surface area contributed by atoms with Crippen molar-refractivity contribution in [2.24, 2.45) is 5.92 Å². The maximum Gasteiger partial charge on any atom is 0.225 e. The van der Waals surface area contributed by atoms with Gasteiger partial charge in [-0.15, -0.1) is 0 Å². The predicted molar refractivity (Wildman–Crippen MR) is 72.3 cm³/mol. The van der Waals surface area contributed by atoms with E-state index in [0.29, 0.717) is 5.69 Å². The average molecular weight is 248 g/mol. The lowest BCUT2D eigenvalue weighted by molar-refractivity contribution is -0.133. The van der Waals surface area contributed by atoms with Gasteiger partial charge in [-0.2, -0.15) is 0 Å². The monoisotopic (exact) mass is 248 g/mol. The van der Waals surface area contributed by atoms with E-state index in [0.717, 1.165) is 31.6 Å². The van der Waals surface area contributed by atoms with Crippen LogP contribution in [0.15, 0.2) is 18.5 Å². The number of carbonyl (C=O) groups excluding carboxylic acids is 1. The van der Waals surface area contributed by atoms with Crippen LogP contribution in [0.25, 0.3) is 0 Å². The topological polar surface area (TPSA) is 62.5 Å². The number of nitrogens with two attached hydrogens (primary N) is 1. The van der Waals surface area contributed by atoms with Crippen LogP contribution < -0.4 is 10.6 Å². The molecule has 18 heavy (non-hydrogen) atoms. The van der Waals surface area contributed by atoms with E-state index in [1.807, 2.05) is 20.2 Å². The smallest absolute Gasteiger partial charge is 0.225 e. The molecule has 1 aromatic heterocycles. The third kappa shape index (κ3) is 2.55. The largest absolute Gasteiger partial charge is 0.396 e. The van der Waals surface area contributed by atoms with Gasteiger partial charge < -0.3 is 15.5 Å². The number of anilines is 2. The lowest BCUT2D eigenvalue weighted by atomic mass is 9.95. The summed E-state index contributed by atoms with van der Waals surface area (Å²) in [5.41, 5.74) is 7.65. The van der Waals surface area contributed by atoms with E-state index in [2.05, 4.69) is 9.88 Å². The van der Waals surface area contributed by atoms with E-state index in [1.165, 1.54) is 0 Å². The summed E-state index contributed by atoms with van der Waals surface area (Å²) < 4.78 is 0. The molecule has 0 unspecified atom stereocenters. The molecule has 0 aromatic carbocycles. The van der Waals surface area contributed by atoms with Crippen LogP contribution in [0.1, 0.15) is 12.8 Å². The zero-order valence-corrected chi connectivity index (χ0v) is 11.0. The van der Waals surface area contributed by atoms with E-state index in [9.17, 15) is 4.79 Å². The van der Waals surface area contributed by atoms with Gasteiger partial charge in [-0.25, -0.2) is 0 Å². The van der Waals surface area contributed by atoms with Crippen LogP contribution in [-0.2, 0) is 4.79 Å². The number of pyridine rings is 1. The predicted octanol–water partition coefficient (Wildman–Crippen LogP) is 0.968. The lowest BCUT2D eigenvalue weighted by Crippen LogP contribution is -2.40. The summed E-state index contributed by atoms with van der Waals surface area (Å²) in [5, 5.41) is 0. The van der Waals surface area contributed by atoms with E-state index < -0.39 is 0 Å². The highest BCUT2D eigenvalue weighted by Gasteiger charge is 2.26. The van der Waals surface area contributed by atoms with Crippen molar-refractivity contribution in [1.82, 2.24) is 9.88 Å². The fourth-order valence-electron chi connectivity index (χ4n) is 2.42. The molecule has 1 aliphatic rings. The molecule has 0 bridgehead atoms. The van der Waals surface area contributed by atoms with Crippen molar-refractivity contribution in [3.63, 3.8) is 0 Å². The molecule has 1 fully saturated rings. The molecular weight excluding hydrogens is 228 g/mol. The standard InChI is InChI=1S/C13H20N4O/c1-16(2)13(18)10-4-7-17(8-5-10)12-3-6-15-9-11(12)14/h3,6,9-10H,4-5,7-8,14H2,1-2H3. The van der Waals surface area contributed by atoms with Crippen LogP contribution in [0.4, 0.5) is 11.4 Å². The van der Waals surface area contributed by atoms with Crippen LogP contribution in [0.5, 0.6) is 0 Å². The second-order valence-electron chi connectivity index (χ2n) is 4.93. The molecule has 0 spiro atoms. The Labute approximate surface area is 108 Å². The SMILES string of the molecule is CN(C)C(=O)C1CCN(c2ccncc2N)CC1. The first-order chi connectivity index (χ1) is 8.59. The third-order valence-electron chi connectivity index (χ3n) is 3.45. The molecule has 2 N–H and O–H groups in total. The molecular formula is C13H20N4O. The maximum atomic E-state index is 11.9. The molecule has 5 nitrogen and oxygen atoms in total. The van der Waals surface area contributed by atoms with Crippen LogP contribution >= 0.6 is 0 Å². The first-order valence-corrected chi connectivity index (χ1v) is 6.25. The number of amides is 1. The van der Waals surface area contributed by atoms with Crippen molar-refractivity contribution < 1.29 is 4.79 Å². The van der Waals surface area contributed by atoms with Crippen LogP contribution in [-0.4, -0.2) is 43.0 Å². The van der Waals surface area contributed by atoms with Crippen molar-refractivity contribution in [1.29, 1.82) is 0 Å². The summed E-state index contributed by atoms with van der Waals surface area (Å²) in [4.78, 5) is 19.8. The average Bonchev–Trinajstić information content (AvgIpc) is 2.38. The molecule has 5 heteroatoms. The molecule has 1 aromatic rings. The Morgan fingerprint density at radius 1 is 1.44 bits per heavy atom. The summed E-state index contributed by atoms with van der Waals surface area (Å²) in [5.74, 6) is 0.386. The lowest BCUT2D eigenvalue weighted by Gasteiger charge is -2.34. The Hall–Kier alpha value is -1.78. The van der Waals surface area contributed by atoms with E-state index >= 15 is 0 Å². The molecule has 1 saturated heterocycles. The van der Waals surface area contributed by atoms with Crippen LogP contribution in [0.2, 0.25) is 0 Å². The Kier molecular flexibility index (Phi) is 3.69. The quantitative estimate of drug-likeness (QED) is 0.847. The third-order valence-corrected chi connectivity index (χ3v) is 3.45. The van der Waals surface area contributed by atoms with E-state index in [1.54, 1.807) is 17.3 Å². The number of aromatic nitrogens is 1. The Balaban J connectivity index is 1.99. The molecule has 1 aliphatic heterocycles. The van der Waals surface area contributed by atoms with Gasteiger partial charge in [-0.3, -0.25) is 9.78 Å². The molecule has 2 rings (SSSR count). The number of rotatable bonds is 2. The molecule has 0 radical (unpaired) electrons. The Morgan fingerprint density at radius 3 is 2.67 bits per heavy atom.